The highest BCUT2D eigenvalue weighted by atomic mass is 79.9. The van der Waals surface area contributed by atoms with Crippen molar-refractivity contribution in [2.75, 3.05) is 6.61 Å². The van der Waals surface area contributed by atoms with Gasteiger partial charge in [-0.25, -0.2) is 9.97 Å². The molecule has 0 saturated heterocycles. The van der Waals surface area contributed by atoms with Crippen LogP contribution in [0.2, 0.25) is 0 Å². The summed E-state index contributed by atoms with van der Waals surface area (Å²) in [5, 5.41) is 1.39. The lowest BCUT2D eigenvalue weighted by molar-refractivity contribution is -0.142. The second-order valence-corrected chi connectivity index (χ2v) is 9.01. The zero-order valence-corrected chi connectivity index (χ0v) is 19.7. The predicted octanol–water partition coefficient (Wildman–Crippen LogP) is 6.28. The number of benzene rings is 2. The van der Waals surface area contributed by atoms with E-state index in [0.717, 1.165) is 37.3 Å². The minimum absolute atomic E-state index is 0.213. The fourth-order valence-corrected chi connectivity index (χ4v) is 4.72. The van der Waals surface area contributed by atoms with Gasteiger partial charge in [-0.2, -0.15) is 0 Å². The first-order valence-corrected chi connectivity index (χ1v) is 11.8. The van der Waals surface area contributed by atoms with Crippen molar-refractivity contribution in [3.63, 3.8) is 0 Å². The molecular formula is C24H22BrN3O2S. The molecule has 4 rings (SSSR count). The Labute approximate surface area is 194 Å². The maximum Gasteiger partial charge on any atom is 0.319 e. The van der Waals surface area contributed by atoms with E-state index >= 15 is 0 Å². The van der Waals surface area contributed by atoms with E-state index in [1.54, 1.807) is 6.33 Å². The van der Waals surface area contributed by atoms with Crippen molar-refractivity contribution in [3.05, 3.63) is 71.6 Å². The molecule has 4 aromatic rings. The van der Waals surface area contributed by atoms with Gasteiger partial charge in [-0.05, 0) is 43.2 Å². The van der Waals surface area contributed by atoms with Crippen molar-refractivity contribution in [2.24, 2.45) is 0 Å². The number of thioether (sulfide) groups is 1. The molecule has 0 amide bonds. The van der Waals surface area contributed by atoms with Crippen LogP contribution in [0.5, 0.6) is 0 Å². The van der Waals surface area contributed by atoms with E-state index in [9.17, 15) is 4.79 Å². The molecule has 2 aromatic carbocycles. The van der Waals surface area contributed by atoms with Crippen LogP contribution < -0.4 is 0 Å². The molecule has 0 spiro atoms. The zero-order valence-electron chi connectivity index (χ0n) is 17.3. The molecule has 0 fully saturated rings. The van der Waals surface area contributed by atoms with Crippen LogP contribution in [0.25, 0.3) is 27.8 Å². The number of esters is 1. The van der Waals surface area contributed by atoms with E-state index in [-0.39, 0.29) is 11.2 Å². The summed E-state index contributed by atoms with van der Waals surface area (Å²) in [5.74, 6) is -0.213. The number of ether oxygens (including phenoxy) is 1. The summed E-state index contributed by atoms with van der Waals surface area (Å²) < 4.78 is 8.35. The van der Waals surface area contributed by atoms with Crippen LogP contribution in [0.1, 0.15) is 20.3 Å². The standard InChI is InChI=1S/C24H22BrN3O2S/c1-3-20(24(29)30-4-2)31-23-21-19(16-8-6-5-7-9-16)14-28(22(21)26-15-27-23)18-12-10-17(25)11-13-18/h5-15,20H,3-4H2,1-2H3/t20-/m1/s1. The minimum Gasteiger partial charge on any atom is -0.465 e. The summed E-state index contributed by atoms with van der Waals surface area (Å²) in [6, 6.07) is 18.3. The topological polar surface area (TPSA) is 57.0 Å². The molecule has 5 nitrogen and oxygen atoms in total. The molecule has 2 aromatic heterocycles. The maximum atomic E-state index is 12.4. The molecule has 0 unspecified atom stereocenters. The van der Waals surface area contributed by atoms with Crippen molar-refractivity contribution >= 4 is 44.7 Å². The SMILES string of the molecule is CCOC(=O)[C@@H](CC)Sc1ncnc2c1c(-c1ccccc1)cn2-c1ccc(Br)cc1. The number of hydrogen-bond donors (Lipinski definition) is 0. The number of hydrogen-bond acceptors (Lipinski definition) is 5. The molecule has 0 bridgehead atoms. The fraction of sp³-hybridized carbons (Fsp3) is 0.208. The molecule has 0 aliphatic heterocycles. The summed E-state index contributed by atoms with van der Waals surface area (Å²) in [5.41, 5.74) is 3.91. The van der Waals surface area contributed by atoms with Gasteiger partial charge >= 0.3 is 5.97 Å². The monoisotopic (exact) mass is 495 g/mol. The molecular weight excluding hydrogens is 474 g/mol. The van der Waals surface area contributed by atoms with Gasteiger partial charge in [0.2, 0.25) is 0 Å². The lowest BCUT2D eigenvalue weighted by Gasteiger charge is -2.13. The third-order valence-corrected chi connectivity index (χ3v) is 6.78. The Balaban J connectivity index is 1.90. The number of carbonyl (C=O) groups is 1. The average molecular weight is 496 g/mol. The number of aromatic nitrogens is 3. The molecule has 7 heteroatoms. The molecule has 2 heterocycles. The van der Waals surface area contributed by atoms with Crippen LogP contribution in [0.15, 0.2) is 76.6 Å². The van der Waals surface area contributed by atoms with Gasteiger partial charge < -0.3 is 9.30 Å². The van der Waals surface area contributed by atoms with Gasteiger partial charge in [0.25, 0.3) is 0 Å². The van der Waals surface area contributed by atoms with Gasteiger partial charge in [0.05, 0.1) is 12.0 Å². The number of rotatable bonds is 7. The Morgan fingerprint density at radius 3 is 2.52 bits per heavy atom. The predicted molar refractivity (Wildman–Crippen MR) is 129 cm³/mol. The first-order valence-electron chi connectivity index (χ1n) is 10.1. The Kier molecular flexibility index (Phi) is 6.73. The van der Waals surface area contributed by atoms with Crippen molar-refractivity contribution in [1.29, 1.82) is 0 Å². The fourth-order valence-electron chi connectivity index (χ4n) is 3.43. The lowest BCUT2D eigenvalue weighted by Crippen LogP contribution is -2.19. The number of nitrogens with zero attached hydrogens (tertiary/aromatic N) is 3. The second kappa shape index (κ2) is 9.66. The summed E-state index contributed by atoms with van der Waals surface area (Å²) >= 11 is 4.94. The van der Waals surface area contributed by atoms with Crippen LogP contribution >= 0.6 is 27.7 Å². The molecule has 0 saturated carbocycles. The van der Waals surface area contributed by atoms with Crippen molar-refractivity contribution in [1.82, 2.24) is 14.5 Å². The molecule has 31 heavy (non-hydrogen) atoms. The largest absolute Gasteiger partial charge is 0.465 e. The Morgan fingerprint density at radius 2 is 1.84 bits per heavy atom. The minimum atomic E-state index is -0.322. The van der Waals surface area contributed by atoms with E-state index in [4.69, 9.17) is 4.74 Å². The smallest absolute Gasteiger partial charge is 0.319 e. The third kappa shape index (κ3) is 4.52. The van der Waals surface area contributed by atoms with Crippen molar-refractivity contribution < 1.29 is 9.53 Å². The average Bonchev–Trinajstić information content (AvgIpc) is 3.19. The summed E-state index contributed by atoms with van der Waals surface area (Å²) in [7, 11) is 0. The van der Waals surface area contributed by atoms with E-state index in [2.05, 4.69) is 48.8 Å². The quantitative estimate of drug-likeness (QED) is 0.171. The Bertz CT molecular complexity index is 1190. The summed E-state index contributed by atoms with van der Waals surface area (Å²) in [6.07, 6.45) is 4.31. The van der Waals surface area contributed by atoms with E-state index in [1.165, 1.54) is 11.8 Å². The number of fused-ring (bicyclic) bond motifs is 1. The van der Waals surface area contributed by atoms with Gasteiger partial charge in [-0.1, -0.05) is 64.9 Å². The highest BCUT2D eigenvalue weighted by Gasteiger charge is 2.24. The second-order valence-electron chi connectivity index (χ2n) is 6.90. The molecule has 0 radical (unpaired) electrons. The van der Waals surface area contributed by atoms with Gasteiger partial charge in [-0.15, -0.1) is 0 Å². The molecule has 0 aliphatic rings. The first kappa shape index (κ1) is 21.6. The van der Waals surface area contributed by atoms with Gasteiger partial charge in [0.1, 0.15) is 22.3 Å². The van der Waals surface area contributed by atoms with Crippen molar-refractivity contribution in [2.45, 2.75) is 30.5 Å². The van der Waals surface area contributed by atoms with Crippen molar-refractivity contribution in [3.8, 4) is 16.8 Å². The summed E-state index contributed by atoms with van der Waals surface area (Å²) in [4.78, 5) is 21.6. The van der Waals surface area contributed by atoms with Gasteiger partial charge in [0.15, 0.2) is 0 Å². The molecule has 0 N–H and O–H groups in total. The first-order chi connectivity index (χ1) is 15.1. The van der Waals surface area contributed by atoms with Gasteiger partial charge in [-0.3, -0.25) is 4.79 Å². The Morgan fingerprint density at radius 1 is 1.10 bits per heavy atom. The van der Waals surface area contributed by atoms with Gasteiger partial charge in [0, 0.05) is 21.9 Å². The van der Waals surface area contributed by atoms with Crippen LogP contribution in [0.4, 0.5) is 0 Å². The van der Waals surface area contributed by atoms with E-state index < -0.39 is 0 Å². The third-order valence-electron chi connectivity index (χ3n) is 4.91. The number of carbonyl (C=O) groups excluding carboxylic acids is 1. The summed E-state index contributed by atoms with van der Waals surface area (Å²) in [6.45, 7) is 4.17. The highest BCUT2D eigenvalue weighted by molar-refractivity contribution is 9.10. The van der Waals surface area contributed by atoms with Crippen LogP contribution in [0, 0.1) is 0 Å². The van der Waals surface area contributed by atoms with E-state index in [1.807, 2.05) is 56.3 Å². The molecule has 0 aliphatic carbocycles. The normalized spacial score (nSPS) is 12.1. The highest BCUT2D eigenvalue weighted by Crippen LogP contribution is 2.38. The van der Waals surface area contributed by atoms with Crippen LogP contribution in [0.3, 0.4) is 0 Å². The molecule has 1 atom stereocenters. The van der Waals surface area contributed by atoms with E-state index in [0.29, 0.717) is 13.0 Å². The maximum absolute atomic E-state index is 12.4. The number of halogens is 1. The molecule has 158 valence electrons. The van der Waals surface area contributed by atoms with Crippen LogP contribution in [-0.2, 0) is 9.53 Å². The van der Waals surface area contributed by atoms with Crippen LogP contribution in [-0.4, -0.2) is 32.4 Å². The zero-order chi connectivity index (χ0) is 21.8. The Hall–Kier alpha value is -2.64. The lowest BCUT2D eigenvalue weighted by atomic mass is 10.1.